The number of unbranched alkanes of at least 4 members (excludes halogenated alkanes) is 2. The van der Waals surface area contributed by atoms with E-state index in [1.807, 2.05) is 0 Å². The highest BCUT2D eigenvalue weighted by molar-refractivity contribution is 7.91. The second-order valence-corrected chi connectivity index (χ2v) is 5.40. The average molecular weight is 229 g/mol. The summed E-state index contributed by atoms with van der Waals surface area (Å²) in [6, 6.07) is 3.00. The summed E-state index contributed by atoms with van der Waals surface area (Å²) in [7, 11) is -3.16. The van der Waals surface area contributed by atoms with Gasteiger partial charge >= 0.3 is 0 Å². The molecule has 0 bridgehead atoms. The van der Waals surface area contributed by atoms with Gasteiger partial charge in [-0.3, -0.25) is 4.98 Å². The Bertz CT molecular complexity index is 375. The highest BCUT2D eigenvalue weighted by Gasteiger charge is 2.12. The summed E-state index contributed by atoms with van der Waals surface area (Å²) in [5.74, 6) is 0.136. The zero-order valence-electron chi connectivity index (χ0n) is 8.46. The fourth-order valence-corrected chi connectivity index (χ4v) is 2.60. The number of hydrogen-bond donors (Lipinski definition) is 1. The minimum atomic E-state index is -3.16. The van der Waals surface area contributed by atoms with Crippen LogP contribution in [0.3, 0.4) is 0 Å². The smallest absolute Gasteiger partial charge is 0.178 e. The maximum absolute atomic E-state index is 11.7. The van der Waals surface area contributed by atoms with Crippen LogP contribution in [0.25, 0.3) is 0 Å². The third kappa shape index (κ3) is 3.97. The quantitative estimate of drug-likeness (QED) is 0.739. The Morgan fingerprint density at radius 2 is 1.80 bits per heavy atom. The van der Waals surface area contributed by atoms with Gasteiger partial charge in [0.05, 0.1) is 10.6 Å². The number of nitrogens with zero attached hydrogens (tertiary/aromatic N) is 1. The van der Waals surface area contributed by atoms with Crippen molar-refractivity contribution in [3.8, 4) is 0 Å². The molecule has 0 unspecified atom stereocenters. The molecule has 1 N–H and O–H groups in total. The van der Waals surface area contributed by atoms with Crippen molar-refractivity contribution in [2.24, 2.45) is 0 Å². The van der Waals surface area contributed by atoms with Crippen LogP contribution in [0.4, 0.5) is 0 Å². The summed E-state index contributed by atoms with van der Waals surface area (Å²) in [4.78, 5) is 4.09. The van der Waals surface area contributed by atoms with Crippen LogP contribution in [0.1, 0.15) is 19.3 Å². The van der Waals surface area contributed by atoms with Crippen LogP contribution in [0.15, 0.2) is 29.4 Å². The van der Waals surface area contributed by atoms with Gasteiger partial charge in [-0.1, -0.05) is 6.42 Å². The molecule has 0 saturated heterocycles. The SMILES string of the molecule is O=S(=O)(CCCCCO)c1ccncc1. The van der Waals surface area contributed by atoms with Crippen LogP contribution in [0.5, 0.6) is 0 Å². The molecule has 1 aromatic rings. The van der Waals surface area contributed by atoms with Gasteiger partial charge in [-0.25, -0.2) is 8.42 Å². The first-order valence-electron chi connectivity index (χ1n) is 4.90. The van der Waals surface area contributed by atoms with E-state index in [0.29, 0.717) is 17.7 Å². The highest BCUT2D eigenvalue weighted by Crippen LogP contribution is 2.11. The van der Waals surface area contributed by atoms with Crippen molar-refractivity contribution >= 4 is 9.84 Å². The molecule has 0 saturated carbocycles. The normalized spacial score (nSPS) is 11.5. The van der Waals surface area contributed by atoms with Crippen LogP contribution < -0.4 is 0 Å². The predicted octanol–water partition coefficient (Wildman–Crippen LogP) is 1.02. The van der Waals surface area contributed by atoms with E-state index >= 15 is 0 Å². The monoisotopic (exact) mass is 229 g/mol. The van der Waals surface area contributed by atoms with E-state index in [4.69, 9.17) is 5.11 Å². The van der Waals surface area contributed by atoms with Gasteiger partial charge in [0.2, 0.25) is 0 Å². The Morgan fingerprint density at radius 1 is 1.13 bits per heavy atom. The van der Waals surface area contributed by atoms with Crippen molar-refractivity contribution in [2.75, 3.05) is 12.4 Å². The van der Waals surface area contributed by atoms with Crippen molar-refractivity contribution in [3.63, 3.8) is 0 Å². The Kier molecular flexibility index (Phi) is 4.71. The Labute approximate surface area is 89.9 Å². The number of rotatable bonds is 6. The molecule has 0 aromatic carbocycles. The minimum Gasteiger partial charge on any atom is -0.396 e. The Balaban J connectivity index is 2.53. The van der Waals surface area contributed by atoms with E-state index < -0.39 is 9.84 Å². The molecule has 0 aliphatic carbocycles. The molecule has 4 nitrogen and oxygen atoms in total. The fraction of sp³-hybridized carbons (Fsp3) is 0.500. The summed E-state index contributed by atoms with van der Waals surface area (Å²) < 4.78 is 23.4. The van der Waals surface area contributed by atoms with Crippen molar-refractivity contribution in [1.82, 2.24) is 4.98 Å². The Hall–Kier alpha value is -0.940. The molecule has 15 heavy (non-hydrogen) atoms. The van der Waals surface area contributed by atoms with Crippen LogP contribution in [-0.2, 0) is 9.84 Å². The van der Waals surface area contributed by atoms with E-state index in [-0.39, 0.29) is 12.4 Å². The number of hydrogen-bond acceptors (Lipinski definition) is 4. The van der Waals surface area contributed by atoms with Gasteiger partial charge in [0.1, 0.15) is 0 Å². The molecule has 0 radical (unpaired) electrons. The third-order valence-electron chi connectivity index (χ3n) is 2.08. The highest BCUT2D eigenvalue weighted by atomic mass is 32.2. The number of aliphatic hydroxyl groups is 1. The van der Waals surface area contributed by atoms with Gasteiger partial charge < -0.3 is 5.11 Å². The van der Waals surface area contributed by atoms with Gasteiger partial charge in [-0.2, -0.15) is 0 Å². The molecular weight excluding hydrogens is 214 g/mol. The van der Waals surface area contributed by atoms with Crippen LogP contribution in [-0.4, -0.2) is 30.9 Å². The molecule has 1 rings (SSSR count). The van der Waals surface area contributed by atoms with Crippen molar-refractivity contribution in [2.45, 2.75) is 24.2 Å². The average Bonchev–Trinajstić information content (AvgIpc) is 2.26. The zero-order chi connectivity index (χ0) is 11.1. The standard InChI is InChI=1S/C10H15NO3S/c12-8-2-1-3-9-15(13,14)10-4-6-11-7-5-10/h4-7,12H,1-3,8-9H2. The topological polar surface area (TPSA) is 67.3 Å². The molecule has 0 amide bonds. The van der Waals surface area contributed by atoms with E-state index in [1.54, 1.807) is 0 Å². The first-order chi connectivity index (χ1) is 7.17. The van der Waals surface area contributed by atoms with Crippen molar-refractivity contribution in [1.29, 1.82) is 0 Å². The maximum Gasteiger partial charge on any atom is 0.178 e. The molecule has 0 spiro atoms. The first kappa shape index (κ1) is 12.1. The van der Waals surface area contributed by atoms with Gasteiger partial charge in [0.25, 0.3) is 0 Å². The first-order valence-corrected chi connectivity index (χ1v) is 6.56. The number of aromatic nitrogens is 1. The van der Waals surface area contributed by atoms with Crippen molar-refractivity contribution < 1.29 is 13.5 Å². The van der Waals surface area contributed by atoms with E-state index in [9.17, 15) is 8.42 Å². The lowest BCUT2D eigenvalue weighted by atomic mass is 10.3. The molecule has 0 aliphatic rings. The molecule has 1 heterocycles. The summed E-state index contributed by atoms with van der Waals surface area (Å²) >= 11 is 0. The fourth-order valence-electron chi connectivity index (χ4n) is 1.24. The number of aliphatic hydroxyl groups excluding tert-OH is 1. The minimum absolute atomic E-state index is 0.120. The van der Waals surface area contributed by atoms with E-state index in [1.165, 1.54) is 24.5 Å². The number of sulfone groups is 1. The summed E-state index contributed by atoms with van der Waals surface area (Å²) in [6.07, 6.45) is 4.93. The largest absolute Gasteiger partial charge is 0.396 e. The molecule has 84 valence electrons. The molecule has 1 aromatic heterocycles. The van der Waals surface area contributed by atoms with E-state index in [2.05, 4.69) is 4.98 Å². The van der Waals surface area contributed by atoms with E-state index in [0.717, 1.165) is 6.42 Å². The summed E-state index contributed by atoms with van der Waals surface area (Å²) in [5.41, 5.74) is 0. The molecule has 5 heteroatoms. The van der Waals surface area contributed by atoms with Crippen molar-refractivity contribution in [3.05, 3.63) is 24.5 Å². The number of pyridine rings is 1. The molecule has 0 fully saturated rings. The molecule has 0 atom stereocenters. The second kappa shape index (κ2) is 5.82. The van der Waals surface area contributed by atoms with Gasteiger partial charge in [-0.15, -0.1) is 0 Å². The lowest BCUT2D eigenvalue weighted by Crippen LogP contribution is -2.07. The maximum atomic E-state index is 11.7. The lowest BCUT2D eigenvalue weighted by Gasteiger charge is -2.03. The van der Waals surface area contributed by atoms with Gasteiger partial charge in [-0.05, 0) is 25.0 Å². The second-order valence-electron chi connectivity index (χ2n) is 3.29. The van der Waals surface area contributed by atoms with Gasteiger partial charge in [0, 0.05) is 19.0 Å². The zero-order valence-corrected chi connectivity index (χ0v) is 9.28. The predicted molar refractivity (Wildman–Crippen MR) is 57.2 cm³/mol. The summed E-state index contributed by atoms with van der Waals surface area (Å²) in [6.45, 7) is 0.120. The molecular formula is C10H15NO3S. The van der Waals surface area contributed by atoms with Crippen LogP contribution >= 0.6 is 0 Å². The van der Waals surface area contributed by atoms with Gasteiger partial charge in [0.15, 0.2) is 9.84 Å². The lowest BCUT2D eigenvalue weighted by molar-refractivity contribution is 0.284. The van der Waals surface area contributed by atoms with Crippen LogP contribution in [0.2, 0.25) is 0 Å². The molecule has 0 aliphatic heterocycles. The third-order valence-corrected chi connectivity index (χ3v) is 3.90. The Morgan fingerprint density at radius 3 is 2.40 bits per heavy atom. The van der Waals surface area contributed by atoms with Crippen LogP contribution in [0, 0.1) is 0 Å². The summed E-state index contributed by atoms with van der Waals surface area (Å²) in [5, 5.41) is 8.56.